The van der Waals surface area contributed by atoms with Gasteiger partial charge >= 0.3 is 0 Å². The van der Waals surface area contributed by atoms with E-state index in [0.717, 1.165) is 40.8 Å². The maximum Gasteiger partial charge on any atom is 0.137 e. The average molecular weight is 407 g/mol. The zero-order chi connectivity index (χ0) is 18.2. The number of ether oxygens (including phenoxy) is 1. The summed E-state index contributed by atoms with van der Waals surface area (Å²) in [6.45, 7) is 13.6. The fourth-order valence-electron chi connectivity index (χ4n) is 3.49. The first-order valence-electron chi connectivity index (χ1n) is 8.81. The lowest BCUT2D eigenvalue weighted by molar-refractivity contribution is -0.0933. The Hall–Kier alpha value is -1.24. The number of rotatable bonds is 4. The molecule has 136 valence electrons. The highest BCUT2D eigenvalue weighted by atomic mass is 79.9. The number of nitrogens with one attached hydrogen (secondary N) is 1. The molecular weight excluding hydrogens is 380 g/mol. The lowest BCUT2D eigenvalue weighted by Gasteiger charge is -2.45. The molecule has 1 fully saturated rings. The van der Waals surface area contributed by atoms with E-state index in [1.54, 1.807) is 6.33 Å². The number of nitrogens with zero attached hydrogens (tertiary/aromatic N) is 3. The van der Waals surface area contributed by atoms with E-state index in [4.69, 9.17) is 4.74 Å². The average Bonchev–Trinajstić information content (AvgIpc) is 2.52. The molecule has 0 aliphatic carbocycles. The summed E-state index contributed by atoms with van der Waals surface area (Å²) in [5.41, 5.74) is 2.13. The number of hydrogen-bond acceptors (Lipinski definition) is 5. The quantitative estimate of drug-likeness (QED) is 0.831. The van der Waals surface area contributed by atoms with Crippen molar-refractivity contribution in [3.8, 4) is 0 Å². The van der Waals surface area contributed by atoms with Crippen molar-refractivity contribution < 1.29 is 4.74 Å². The van der Waals surface area contributed by atoms with Crippen LogP contribution in [0.15, 0.2) is 22.9 Å². The van der Waals surface area contributed by atoms with Crippen LogP contribution in [-0.4, -0.2) is 52.2 Å². The molecule has 1 aliphatic heterocycles. The summed E-state index contributed by atoms with van der Waals surface area (Å²) in [6, 6.07) is 4.22. The van der Waals surface area contributed by atoms with E-state index >= 15 is 0 Å². The summed E-state index contributed by atoms with van der Waals surface area (Å²) < 4.78 is 6.87. The van der Waals surface area contributed by atoms with Crippen molar-refractivity contribution in [2.24, 2.45) is 0 Å². The standard InChI is InChI=1S/C19H27BrN4O/c1-12-6-15-17(16(20)7-12)22-11-23-18(15)21-10-19(4,5)24-8-13(2)25-14(3)9-24/h6-7,11,13-14H,8-10H2,1-5H3,(H,21,22,23). The van der Waals surface area contributed by atoms with Crippen LogP contribution in [0.5, 0.6) is 0 Å². The third-order valence-electron chi connectivity index (χ3n) is 4.80. The Morgan fingerprint density at radius 3 is 2.60 bits per heavy atom. The van der Waals surface area contributed by atoms with Crippen molar-refractivity contribution in [1.29, 1.82) is 0 Å². The normalized spacial score (nSPS) is 22.3. The number of hydrogen-bond donors (Lipinski definition) is 1. The molecule has 25 heavy (non-hydrogen) atoms. The van der Waals surface area contributed by atoms with Gasteiger partial charge in [-0.15, -0.1) is 0 Å². The molecule has 5 nitrogen and oxygen atoms in total. The fraction of sp³-hybridized carbons (Fsp3) is 0.579. The van der Waals surface area contributed by atoms with Gasteiger partial charge in [0, 0.05) is 35.0 Å². The van der Waals surface area contributed by atoms with Gasteiger partial charge in [0.2, 0.25) is 0 Å². The Labute approximate surface area is 158 Å². The number of aryl methyl sites for hydroxylation is 1. The highest BCUT2D eigenvalue weighted by molar-refractivity contribution is 9.10. The smallest absolute Gasteiger partial charge is 0.137 e. The molecule has 3 rings (SSSR count). The van der Waals surface area contributed by atoms with E-state index in [-0.39, 0.29) is 17.7 Å². The SMILES string of the molecule is Cc1cc(Br)c2ncnc(NCC(C)(C)N3CC(C)OC(C)C3)c2c1. The van der Waals surface area contributed by atoms with Gasteiger partial charge in [0.25, 0.3) is 0 Å². The Bertz CT molecular complexity index is 754. The molecule has 0 amide bonds. The summed E-state index contributed by atoms with van der Waals surface area (Å²) in [5.74, 6) is 0.886. The zero-order valence-corrected chi connectivity index (χ0v) is 17.2. The van der Waals surface area contributed by atoms with Gasteiger partial charge in [-0.2, -0.15) is 0 Å². The van der Waals surface area contributed by atoms with Gasteiger partial charge in [0.05, 0.1) is 17.7 Å². The van der Waals surface area contributed by atoms with Crippen molar-refractivity contribution in [1.82, 2.24) is 14.9 Å². The highest BCUT2D eigenvalue weighted by Crippen LogP contribution is 2.29. The van der Waals surface area contributed by atoms with Crippen LogP contribution in [0.4, 0.5) is 5.82 Å². The lowest BCUT2D eigenvalue weighted by atomic mass is 10.00. The molecule has 1 aliphatic rings. The highest BCUT2D eigenvalue weighted by Gasteiger charge is 2.33. The molecule has 1 N–H and O–H groups in total. The van der Waals surface area contributed by atoms with Gasteiger partial charge in [-0.25, -0.2) is 9.97 Å². The first-order chi connectivity index (χ1) is 11.8. The lowest BCUT2D eigenvalue weighted by Crippen LogP contribution is -2.57. The van der Waals surface area contributed by atoms with Gasteiger partial charge in [-0.1, -0.05) is 0 Å². The van der Waals surface area contributed by atoms with Crippen LogP contribution in [0.25, 0.3) is 10.9 Å². The molecule has 1 aromatic carbocycles. The van der Waals surface area contributed by atoms with E-state index in [1.807, 2.05) is 0 Å². The molecule has 2 heterocycles. The monoisotopic (exact) mass is 406 g/mol. The van der Waals surface area contributed by atoms with Gasteiger partial charge in [0.1, 0.15) is 12.1 Å². The second-order valence-corrected chi connectivity index (χ2v) is 8.55. The summed E-state index contributed by atoms with van der Waals surface area (Å²) >= 11 is 3.61. The first-order valence-corrected chi connectivity index (χ1v) is 9.61. The number of morpholine rings is 1. The topological polar surface area (TPSA) is 50.3 Å². The minimum absolute atomic E-state index is 0.00459. The van der Waals surface area contributed by atoms with Crippen molar-refractivity contribution in [3.05, 3.63) is 28.5 Å². The Morgan fingerprint density at radius 2 is 1.92 bits per heavy atom. The van der Waals surface area contributed by atoms with Crippen molar-refractivity contribution >= 4 is 32.7 Å². The van der Waals surface area contributed by atoms with E-state index in [9.17, 15) is 0 Å². The van der Waals surface area contributed by atoms with Crippen molar-refractivity contribution in [2.45, 2.75) is 52.4 Å². The summed E-state index contributed by atoms with van der Waals surface area (Å²) in [4.78, 5) is 11.4. The van der Waals surface area contributed by atoms with Crippen molar-refractivity contribution in [3.63, 3.8) is 0 Å². The Balaban J connectivity index is 1.80. The molecule has 6 heteroatoms. The number of anilines is 1. The Morgan fingerprint density at radius 1 is 1.24 bits per heavy atom. The molecule has 0 spiro atoms. The van der Waals surface area contributed by atoms with Crippen LogP contribution in [0, 0.1) is 6.92 Å². The van der Waals surface area contributed by atoms with E-state index in [0.29, 0.717) is 0 Å². The minimum Gasteiger partial charge on any atom is -0.373 e. The maximum atomic E-state index is 5.87. The Kier molecular flexibility index (Phi) is 5.32. The molecule has 1 saturated heterocycles. The fourth-order valence-corrected chi connectivity index (χ4v) is 4.16. The third-order valence-corrected chi connectivity index (χ3v) is 5.41. The zero-order valence-electron chi connectivity index (χ0n) is 15.6. The molecule has 2 aromatic rings. The predicted octanol–water partition coefficient (Wildman–Crippen LogP) is 4.00. The van der Waals surface area contributed by atoms with E-state index in [1.165, 1.54) is 5.56 Å². The van der Waals surface area contributed by atoms with E-state index in [2.05, 4.69) is 82.9 Å². The van der Waals surface area contributed by atoms with Crippen LogP contribution in [0.3, 0.4) is 0 Å². The second-order valence-electron chi connectivity index (χ2n) is 7.69. The maximum absolute atomic E-state index is 5.87. The van der Waals surface area contributed by atoms with Crippen molar-refractivity contribution in [2.75, 3.05) is 25.0 Å². The van der Waals surface area contributed by atoms with Crippen LogP contribution < -0.4 is 5.32 Å². The minimum atomic E-state index is 0.00459. The number of halogens is 1. The second kappa shape index (κ2) is 7.17. The number of aromatic nitrogens is 2. The van der Waals surface area contributed by atoms with Crippen LogP contribution >= 0.6 is 15.9 Å². The molecule has 2 atom stereocenters. The third kappa shape index (κ3) is 4.13. The van der Waals surface area contributed by atoms with Gasteiger partial charge in [-0.3, -0.25) is 4.90 Å². The predicted molar refractivity (Wildman–Crippen MR) is 106 cm³/mol. The summed E-state index contributed by atoms with van der Waals surface area (Å²) in [6.07, 6.45) is 2.15. The molecular formula is C19H27BrN4O. The first kappa shape index (κ1) is 18.5. The summed E-state index contributed by atoms with van der Waals surface area (Å²) in [7, 11) is 0. The largest absolute Gasteiger partial charge is 0.373 e. The van der Waals surface area contributed by atoms with E-state index < -0.39 is 0 Å². The number of benzene rings is 1. The van der Waals surface area contributed by atoms with Gasteiger partial charge < -0.3 is 10.1 Å². The number of fused-ring (bicyclic) bond motifs is 1. The molecule has 0 radical (unpaired) electrons. The molecule has 1 aromatic heterocycles. The van der Waals surface area contributed by atoms with Crippen LogP contribution in [0.1, 0.15) is 33.3 Å². The molecule has 0 bridgehead atoms. The molecule has 2 unspecified atom stereocenters. The van der Waals surface area contributed by atoms with Crippen LogP contribution in [0.2, 0.25) is 0 Å². The van der Waals surface area contributed by atoms with Gasteiger partial charge in [-0.05, 0) is 68.2 Å². The molecule has 0 saturated carbocycles. The van der Waals surface area contributed by atoms with Crippen LogP contribution in [-0.2, 0) is 4.74 Å². The van der Waals surface area contributed by atoms with Gasteiger partial charge in [0.15, 0.2) is 0 Å². The summed E-state index contributed by atoms with van der Waals surface area (Å²) in [5, 5.41) is 4.60.